The van der Waals surface area contributed by atoms with Gasteiger partial charge in [0.15, 0.2) is 0 Å². The Morgan fingerprint density at radius 3 is 2.46 bits per heavy atom. The summed E-state index contributed by atoms with van der Waals surface area (Å²) in [6.07, 6.45) is 0. The van der Waals surface area contributed by atoms with Gasteiger partial charge in [-0.2, -0.15) is 4.68 Å². The van der Waals surface area contributed by atoms with Gasteiger partial charge in [-0.25, -0.2) is 4.79 Å². The third-order valence-corrected chi connectivity index (χ3v) is 4.50. The Kier molecular flexibility index (Phi) is 4.10. The second kappa shape index (κ2) is 6.57. The highest BCUT2D eigenvalue weighted by Crippen LogP contribution is 2.16. The van der Waals surface area contributed by atoms with E-state index in [1.165, 1.54) is 22.4 Å². The first-order chi connectivity index (χ1) is 12.6. The average Bonchev–Trinajstić information content (AvgIpc) is 2.99. The van der Waals surface area contributed by atoms with Crippen molar-refractivity contribution in [2.45, 2.75) is 19.6 Å². The number of aromatic nitrogens is 3. The third-order valence-electron chi connectivity index (χ3n) is 4.50. The van der Waals surface area contributed by atoms with Gasteiger partial charge < -0.3 is 0 Å². The summed E-state index contributed by atoms with van der Waals surface area (Å²) in [5.74, 6) is 0.704. The molecule has 0 radical (unpaired) electrons. The molecule has 132 valence electrons. The zero-order valence-electron chi connectivity index (χ0n) is 14.0. The Labute approximate surface area is 149 Å². The molecule has 8 nitrogen and oxygen atoms in total. The monoisotopic (exact) mass is 351 g/mol. The molecule has 0 fully saturated rings. The lowest BCUT2D eigenvalue weighted by atomic mass is 10.2. The Morgan fingerprint density at radius 1 is 1.04 bits per heavy atom. The van der Waals surface area contributed by atoms with Gasteiger partial charge in [0.05, 0.1) is 17.2 Å². The van der Waals surface area contributed by atoms with Crippen molar-refractivity contribution in [3.8, 4) is 5.69 Å². The minimum atomic E-state index is -0.466. The Bertz CT molecular complexity index is 992. The number of fused-ring (bicyclic) bond motifs is 1. The number of nitrogens with zero attached hydrogens (tertiary/aromatic N) is 5. The molecule has 0 saturated heterocycles. The summed E-state index contributed by atoms with van der Waals surface area (Å²) >= 11 is 0. The number of benzene rings is 2. The van der Waals surface area contributed by atoms with Crippen LogP contribution in [0.5, 0.6) is 0 Å². The van der Waals surface area contributed by atoms with Crippen LogP contribution in [0.25, 0.3) is 5.69 Å². The molecule has 3 aromatic rings. The molecule has 1 aliphatic heterocycles. The van der Waals surface area contributed by atoms with Crippen molar-refractivity contribution < 1.29 is 4.92 Å². The smallest absolute Gasteiger partial charge is 0.290 e. The van der Waals surface area contributed by atoms with Crippen LogP contribution < -0.4 is 5.69 Å². The van der Waals surface area contributed by atoms with Gasteiger partial charge in [-0.3, -0.25) is 19.6 Å². The van der Waals surface area contributed by atoms with Crippen molar-refractivity contribution in [2.75, 3.05) is 6.54 Å². The van der Waals surface area contributed by atoms with E-state index in [0.717, 1.165) is 13.1 Å². The van der Waals surface area contributed by atoms with Gasteiger partial charge in [0.1, 0.15) is 5.82 Å². The fourth-order valence-corrected chi connectivity index (χ4v) is 3.16. The molecule has 0 amide bonds. The van der Waals surface area contributed by atoms with E-state index in [4.69, 9.17) is 0 Å². The molecular formula is C18H17N5O3. The first-order valence-electron chi connectivity index (χ1n) is 8.31. The molecule has 0 saturated carbocycles. The van der Waals surface area contributed by atoms with E-state index in [0.29, 0.717) is 24.6 Å². The zero-order chi connectivity index (χ0) is 18.1. The molecule has 0 atom stereocenters. The number of hydrogen-bond acceptors (Lipinski definition) is 5. The molecule has 0 N–H and O–H groups in total. The maximum atomic E-state index is 12.6. The van der Waals surface area contributed by atoms with E-state index < -0.39 is 4.92 Å². The van der Waals surface area contributed by atoms with E-state index in [1.54, 1.807) is 16.7 Å². The second-order valence-corrected chi connectivity index (χ2v) is 6.23. The lowest BCUT2D eigenvalue weighted by Crippen LogP contribution is -2.37. The van der Waals surface area contributed by atoms with E-state index in [2.05, 4.69) is 22.1 Å². The molecule has 2 aromatic carbocycles. The predicted molar refractivity (Wildman–Crippen MR) is 95.0 cm³/mol. The number of nitro groups is 1. The van der Waals surface area contributed by atoms with Crippen LogP contribution in [-0.4, -0.2) is 30.7 Å². The number of hydrogen-bond donors (Lipinski definition) is 0. The SMILES string of the molecule is O=c1n(-c2ccc([N+](=O)[O-])cc2)nc2n1CCN(Cc1ccccc1)C2. The standard InChI is InChI=1S/C18H17N5O3/c24-18-21-11-10-20(12-14-4-2-1-3-5-14)13-17(21)19-22(18)15-6-8-16(9-7-15)23(25)26/h1-9H,10-13H2. The van der Waals surface area contributed by atoms with Crippen LogP contribution in [0.3, 0.4) is 0 Å². The van der Waals surface area contributed by atoms with Crippen LogP contribution in [0.15, 0.2) is 59.4 Å². The van der Waals surface area contributed by atoms with Gasteiger partial charge >= 0.3 is 5.69 Å². The Morgan fingerprint density at radius 2 is 1.77 bits per heavy atom. The summed E-state index contributed by atoms with van der Waals surface area (Å²) in [6.45, 7) is 2.74. The van der Waals surface area contributed by atoms with Gasteiger partial charge in [0.25, 0.3) is 5.69 Å². The van der Waals surface area contributed by atoms with E-state index in [-0.39, 0.29) is 11.4 Å². The van der Waals surface area contributed by atoms with E-state index in [9.17, 15) is 14.9 Å². The number of nitro benzene ring substituents is 1. The summed E-state index contributed by atoms with van der Waals surface area (Å²) in [5, 5.41) is 15.2. The van der Waals surface area contributed by atoms with Crippen molar-refractivity contribution in [3.05, 3.63) is 86.6 Å². The molecule has 1 aromatic heterocycles. The van der Waals surface area contributed by atoms with Gasteiger partial charge in [-0.15, -0.1) is 5.10 Å². The lowest BCUT2D eigenvalue weighted by molar-refractivity contribution is -0.384. The molecule has 8 heteroatoms. The first kappa shape index (κ1) is 16.2. The van der Waals surface area contributed by atoms with Crippen LogP contribution >= 0.6 is 0 Å². The number of rotatable bonds is 4. The molecule has 0 spiro atoms. The highest BCUT2D eigenvalue weighted by atomic mass is 16.6. The fourth-order valence-electron chi connectivity index (χ4n) is 3.16. The van der Waals surface area contributed by atoms with Crippen molar-refractivity contribution in [2.24, 2.45) is 0 Å². The van der Waals surface area contributed by atoms with E-state index in [1.807, 2.05) is 18.2 Å². The van der Waals surface area contributed by atoms with Crippen molar-refractivity contribution in [3.63, 3.8) is 0 Å². The van der Waals surface area contributed by atoms with Crippen LogP contribution in [0.4, 0.5) is 5.69 Å². The topological polar surface area (TPSA) is 86.2 Å². The van der Waals surface area contributed by atoms with Crippen LogP contribution in [-0.2, 0) is 19.6 Å². The lowest BCUT2D eigenvalue weighted by Gasteiger charge is -2.26. The maximum Gasteiger partial charge on any atom is 0.350 e. The van der Waals surface area contributed by atoms with E-state index >= 15 is 0 Å². The highest BCUT2D eigenvalue weighted by molar-refractivity contribution is 5.40. The molecule has 2 heterocycles. The molecule has 0 aliphatic carbocycles. The van der Waals surface area contributed by atoms with Gasteiger partial charge in [-0.05, 0) is 17.7 Å². The minimum absolute atomic E-state index is 0.0141. The first-order valence-corrected chi connectivity index (χ1v) is 8.31. The molecular weight excluding hydrogens is 334 g/mol. The normalized spacial score (nSPS) is 14.2. The quantitative estimate of drug-likeness (QED) is 0.530. The fraction of sp³-hybridized carbons (Fsp3) is 0.222. The molecule has 4 rings (SSSR count). The molecule has 0 bridgehead atoms. The third kappa shape index (κ3) is 3.02. The highest BCUT2D eigenvalue weighted by Gasteiger charge is 2.22. The summed E-state index contributed by atoms with van der Waals surface area (Å²) in [6, 6.07) is 16.0. The Balaban J connectivity index is 1.58. The summed E-state index contributed by atoms with van der Waals surface area (Å²) in [4.78, 5) is 25.2. The van der Waals surface area contributed by atoms with Crippen molar-refractivity contribution in [1.29, 1.82) is 0 Å². The average molecular weight is 351 g/mol. The van der Waals surface area contributed by atoms with Gasteiger partial charge in [0, 0.05) is 31.8 Å². The molecule has 0 unspecified atom stereocenters. The summed E-state index contributed by atoms with van der Waals surface area (Å²) < 4.78 is 2.98. The van der Waals surface area contributed by atoms with Crippen LogP contribution in [0.2, 0.25) is 0 Å². The zero-order valence-corrected chi connectivity index (χ0v) is 14.0. The van der Waals surface area contributed by atoms with Gasteiger partial charge in [-0.1, -0.05) is 30.3 Å². The van der Waals surface area contributed by atoms with Crippen LogP contribution in [0.1, 0.15) is 11.4 Å². The summed E-state index contributed by atoms with van der Waals surface area (Å²) in [5.41, 5.74) is 1.52. The molecule has 1 aliphatic rings. The van der Waals surface area contributed by atoms with Crippen LogP contribution in [0, 0.1) is 10.1 Å². The Hall–Kier alpha value is -3.26. The summed E-state index contributed by atoms with van der Waals surface area (Å²) in [7, 11) is 0. The largest absolute Gasteiger partial charge is 0.350 e. The van der Waals surface area contributed by atoms with Crippen molar-refractivity contribution >= 4 is 5.69 Å². The predicted octanol–water partition coefficient (Wildman–Crippen LogP) is 1.96. The van der Waals surface area contributed by atoms with Crippen molar-refractivity contribution in [1.82, 2.24) is 19.2 Å². The minimum Gasteiger partial charge on any atom is -0.290 e. The molecule has 26 heavy (non-hydrogen) atoms. The maximum absolute atomic E-state index is 12.6. The number of non-ortho nitro benzene ring substituents is 1. The van der Waals surface area contributed by atoms with Gasteiger partial charge in [0.2, 0.25) is 0 Å². The second-order valence-electron chi connectivity index (χ2n) is 6.23.